The van der Waals surface area contributed by atoms with Crippen LogP contribution in [0.1, 0.15) is 50.5 Å². The van der Waals surface area contributed by atoms with Gasteiger partial charge in [-0.3, -0.25) is 14.5 Å². The molecule has 2 aromatic carbocycles. The van der Waals surface area contributed by atoms with Crippen LogP contribution < -0.4 is 10.2 Å². The van der Waals surface area contributed by atoms with Gasteiger partial charge in [0.2, 0.25) is 11.8 Å². The van der Waals surface area contributed by atoms with Crippen molar-refractivity contribution >= 4 is 35.0 Å². The molecule has 0 spiro atoms. The maximum Gasteiger partial charge on any atom is 0.238 e. The third-order valence-corrected chi connectivity index (χ3v) is 6.46. The highest BCUT2D eigenvalue weighted by molar-refractivity contribution is 8.00. The molecule has 0 saturated carbocycles. The third-order valence-electron chi connectivity index (χ3n) is 5.25. The van der Waals surface area contributed by atoms with E-state index in [2.05, 4.69) is 12.2 Å². The number of amides is 2. The first kappa shape index (κ1) is 22.3. The van der Waals surface area contributed by atoms with Crippen molar-refractivity contribution in [3.8, 4) is 0 Å². The molecule has 1 saturated heterocycles. The van der Waals surface area contributed by atoms with Gasteiger partial charge in [0.1, 0.15) is 17.0 Å². The predicted molar refractivity (Wildman–Crippen MR) is 117 cm³/mol. The van der Waals surface area contributed by atoms with Gasteiger partial charge in [0.05, 0.1) is 11.4 Å². The predicted octanol–water partition coefficient (Wildman–Crippen LogP) is 5.90. The topological polar surface area (TPSA) is 49.4 Å². The molecular formula is C23H26F2N2O2S. The molecule has 0 aliphatic carbocycles. The fourth-order valence-corrected chi connectivity index (χ4v) is 4.75. The summed E-state index contributed by atoms with van der Waals surface area (Å²) in [5.41, 5.74) is 1.47. The lowest BCUT2D eigenvalue weighted by atomic mass is 9.98. The molecular weight excluding hydrogens is 406 g/mol. The molecule has 160 valence electrons. The summed E-state index contributed by atoms with van der Waals surface area (Å²) in [5, 5.41) is 2.53. The van der Waals surface area contributed by atoms with Crippen LogP contribution in [0.25, 0.3) is 0 Å². The number of halogens is 2. The van der Waals surface area contributed by atoms with Crippen LogP contribution >= 0.6 is 11.8 Å². The van der Waals surface area contributed by atoms with Crippen molar-refractivity contribution in [2.75, 3.05) is 16.0 Å². The third kappa shape index (κ3) is 5.01. The molecule has 2 aromatic rings. The fraction of sp³-hybridized carbons (Fsp3) is 0.391. The van der Waals surface area contributed by atoms with Crippen LogP contribution in [-0.4, -0.2) is 17.6 Å². The second kappa shape index (κ2) is 10.1. The molecule has 1 aliphatic rings. The molecule has 2 amide bonds. The lowest BCUT2D eigenvalue weighted by Crippen LogP contribution is -2.29. The first-order chi connectivity index (χ1) is 14.4. The number of nitrogens with zero attached hydrogens (tertiary/aromatic N) is 1. The van der Waals surface area contributed by atoms with Gasteiger partial charge in [0.15, 0.2) is 0 Å². The van der Waals surface area contributed by atoms with Crippen LogP contribution in [0, 0.1) is 17.6 Å². The zero-order chi connectivity index (χ0) is 21.7. The Labute approximate surface area is 180 Å². The summed E-state index contributed by atoms with van der Waals surface area (Å²) in [6.45, 7) is 4.11. The van der Waals surface area contributed by atoms with Gasteiger partial charge in [-0.05, 0) is 42.7 Å². The first-order valence-electron chi connectivity index (χ1n) is 10.2. The molecule has 2 atom stereocenters. The van der Waals surface area contributed by atoms with Crippen molar-refractivity contribution in [2.45, 2.75) is 44.9 Å². The van der Waals surface area contributed by atoms with Crippen LogP contribution in [0.15, 0.2) is 42.5 Å². The Hall–Kier alpha value is -2.41. The number of carbonyl (C=O) groups excluding carboxylic acids is 2. The largest absolute Gasteiger partial charge is 0.326 e. The summed E-state index contributed by atoms with van der Waals surface area (Å²) in [4.78, 5) is 26.5. The molecule has 0 radical (unpaired) electrons. The number of nitrogens with one attached hydrogen (secondary N) is 1. The van der Waals surface area contributed by atoms with Crippen molar-refractivity contribution in [3.05, 3.63) is 59.7 Å². The van der Waals surface area contributed by atoms with Crippen LogP contribution in [0.4, 0.5) is 20.2 Å². The Kier molecular flexibility index (Phi) is 7.48. The Morgan fingerprint density at radius 3 is 2.73 bits per heavy atom. The van der Waals surface area contributed by atoms with E-state index in [0.717, 1.165) is 43.4 Å². The summed E-state index contributed by atoms with van der Waals surface area (Å²) in [6.07, 6.45) is 3.67. The van der Waals surface area contributed by atoms with Crippen LogP contribution in [-0.2, 0) is 9.59 Å². The number of rotatable bonds is 8. The number of benzene rings is 2. The van der Waals surface area contributed by atoms with Gasteiger partial charge in [0, 0.05) is 17.7 Å². The van der Waals surface area contributed by atoms with Gasteiger partial charge in [0.25, 0.3) is 0 Å². The second-order valence-electron chi connectivity index (χ2n) is 7.38. The van der Waals surface area contributed by atoms with Crippen molar-refractivity contribution < 1.29 is 18.4 Å². The number of thioether (sulfide) groups is 1. The molecule has 1 fully saturated rings. The van der Waals surface area contributed by atoms with Gasteiger partial charge in [-0.2, -0.15) is 0 Å². The Morgan fingerprint density at radius 2 is 2.03 bits per heavy atom. The molecule has 1 aliphatic heterocycles. The number of anilines is 2. The first-order valence-corrected chi connectivity index (χ1v) is 11.3. The maximum absolute atomic E-state index is 14.3. The highest BCUT2D eigenvalue weighted by atomic mass is 32.2. The maximum atomic E-state index is 14.3. The van der Waals surface area contributed by atoms with Gasteiger partial charge in [-0.25, -0.2) is 8.78 Å². The molecule has 7 heteroatoms. The minimum atomic E-state index is -0.776. The van der Waals surface area contributed by atoms with Crippen LogP contribution in [0.2, 0.25) is 0 Å². The van der Waals surface area contributed by atoms with E-state index in [1.165, 1.54) is 22.7 Å². The lowest BCUT2D eigenvalue weighted by molar-refractivity contribution is -0.120. The molecule has 30 heavy (non-hydrogen) atoms. The van der Waals surface area contributed by atoms with Crippen molar-refractivity contribution in [1.29, 1.82) is 0 Å². The second-order valence-corrected chi connectivity index (χ2v) is 8.45. The highest BCUT2D eigenvalue weighted by Gasteiger charge is 2.35. The van der Waals surface area contributed by atoms with Gasteiger partial charge >= 0.3 is 0 Å². The minimum absolute atomic E-state index is 0.0142. The average Bonchev–Trinajstić information content (AvgIpc) is 3.10. The van der Waals surface area contributed by atoms with E-state index in [9.17, 15) is 18.4 Å². The Morgan fingerprint density at radius 1 is 1.23 bits per heavy atom. The quantitative estimate of drug-likeness (QED) is 0.565. The monoisotopic (exact) mass is 432 g/mol. The van der Waals surface area contributed by atoms with E-state index in [0.29, 0.717) is 5.69 Å². The molecule has 3 rings (SSSR count). The number of carbonyl (C=O) groups is 2. The zero-order valence-corrected chi connectivity index (χ0v) is 18.0. The standard InChI is InChI=1S/C23H26F2N2O2S/c1-3-5-7-15(4-2)22(29)26-18-9-6-8-16(12-18)23-27(21(28)14-30-23)20-11-10-17(24)13-19(20)25/h6,8-13,15,23H,3-5,7,14H2,1-2H3,(H,26,29)/t15-,23+/m0/s1. The van der Waals surface area contributed by atoms with E-state index < -0.39 is 17.0 Å². The number of hydrogen-bond donors (Lipinski definition) is 1. The van der Waals surface area contributed by atoms with Crippen LogP contribution in [0.3, 0.4) is 0 Å². The summed E-state index contributed by atoms with van der Waals surface area (Å²) < 4.78 is 27.7. The van der Waals surface area contributed by atoms with Gasteiger partial charge in [-0.1, -0.05) is 38.8 Å². The Bertz CT molecular complexity index is 922. The average molecular weight is 433 g/mol. The van der Waals surface area contributed by atoms with E-state index in [1.807, 2.05) is 19.1 Å². The Balaban J connectivity index is 1.82. The molecule has 0 bridgehead atoms. The van der Waals surface area contributed by atoms with E-state index in [4.69, 9.17) is 0 Å². The van der Waals surface area contributed by atoms with E-state index >= 15 is 0 Å². The van der Waals surface area contributed by atoms with Crippen molar-refractivity contribution in [3.63, 3.8) is 0 Å². The number of hydrogen-bond acceptors (Lipinski definition) is 3. The summed E-state index contributed by atoms with van der Waals surface area (Å²) in [7, 11) is 0. The van der Waals surface area contributed by atoms with Gasteiger partial charge < -0.3 is 5.32 Å². The number of unbranched alkanes of at least 4 members (excludes halogenated alkanes) is 1. The SMILES string of the molecule is CCCC[C@H](CC)C(=O)Nc1cccc([C@H]2SCC(=O)N2c2ccc(F)cc2F)c1. The van der Waals surface area contributed by atoms with Crippen LogP contribution in [0.5, 0.6) is 0 Å². The smallest absolute Gasteiger partial charge is 0.238 e. The van der Waals surface area contributed by atoms with Gasteiger partial charge in [-0.15, -0.1) is 11.8 Å². The molecule has 0 aromatic heterocycles. The molecule has 4 nitrogen and oxygen atoms in total. The highest BCUT2D eigenvalue weighted by Crippen LogP contribution is 2.43. The lowest BCUT2D eigenvalue weighted by Gasteiger charge is -2.25. The molecule has 1 N–H and O–H groups in total. The summed E-state index contributed by atoms with van der Waals surface area (Å²) in [6, 6.07) is 10.5. The normalized spacial score (nSPS) is 17.3. The molecule has 1 heterocycles. The zero-order valence-electron chi connectivity index (χ0n) is 17.2. The summed E-state index contributed by atoms with van der Waals surface area (Å²) in [5.74, 6) is -1.56. The fourth-order valence-electron chi connectivity index (χ4n) is 3.59. The minimum Gasteiger partial charge on any atom is -0.326 e. The van der Waals surface area contributed by atoms with E-state index in [-0.39, 0.29) is 29.2 Å². The van der Waals surface area contributed by atoms with Crippen molar-refractivity contribution in [1.82, 2.24) is 0 Å². The van der Waals surface area contributed by atoms with E-state index in [1.54, 1.807) is 12.1 Å². The summed E-state index contributed by atoms with van der Waals surface area (Å²) >= 11 is 1.37. The molecule has 0 unspecified atom stereocenters. The van der Waals surface area contributed by atoms with Crippen molar-refractivity contribution in [2.24, 2.45) is 5.92 Å².